The van der Waals surface area contributed by atoms with Crippen molar-refractivity contribution in [2.45, 2.75) is 17.8 Å². The van der Waals surface area contributed by atoms with Gasteiger partial charge >= 0.3 is 0 Å². The lowest BCUT2D eigenvalue weighted by molar-refractivity contribution is -0.120. The minimum Gasteiger partial charge on any atom is -0.351 e. The van der Waals surface area contributed by atoms with Gasteiger partial charge in [-0.05, 0) is 17.7 Å². The number of rotatable bonds is 3. The molecule has 1 fully saturated rings. The van der Waals surface area contributed by atoms with Gasteiger partial charge in [0.15, 0.2) is 9.84 Å². The van der Waals surface area contributed by atoms with Gasteiger partial charge in [-0.15, -0.1) is 11.6 Å². The minimum absolute atomic E-state index is 0.0829. The van der Waals surface area contributed by atoms with Crippen molar-refractivity contribution < 1.29 is 13.2 Å². The van der Waals surface area contributed by atoms with E-state index in [-0.39, 0.29) is 23.8 Å². The summed E-state index contributed by atoms with van der Waals surface area (Å²) >= 11 is 11.7. The highest BCUT2D eigenvalue weighted by Crippen LogP contribution is 2.18. The highest BCUT2D eigenvalue weighted by molar-refractivity contribution is 7.91. The first-order valence-corrected chi connectivity index (χ1v) is 8.37. The van der Waals surface area contributed by atoms with E-state index in [2.05, 4.69) is 5.32 Å². The van der Waals surface area contributed by atoms with Crippen LogP contribution < -0.4 is 5.32 Å². The summed E-state index contributed by atoms with van der Waals surface area (Å²) in [6.07, 6.45) is 0.178. The predicted molar refractivity (Wildman–Crippen MR) is 75.4 cm³/mol. The van der Waals surface area contributed by atoms with Crippen LogP contribution in [0.15, 0.2) is 24.3 Å². The Labute approximate surface area is 122 Å². The van der Waals surface area contributed by atoms with E-state index in [1.54, 1.807) is 24.3 Å². The molecule has 0 unspecified atom stereocenters. The standard InChI is InChI=1S/C12H13Cl2NO3S/c13-9-3-1-8(2-4-9)5-12(16)15-11-7-19(17,18)6-10(11)14/h1-4,10-11H,5-7H2,(H,15,16)/t10-,11-/m1/s1. The topological polar surface area (TPSA) is 63.2 Å². The summed E-state index contributed by atoms with van der Waals surface area (Å²) in [7, 11) is -3.13. The summed E-state index contributed by atoms with van der Waals surface area (Å²) in [5.74, 6) is -0.413. The molecular weight excluding hydrogens is 309 g/mol. The summed E-state index contributed by atoms with van der Waals surface area (Å²) in [4.78, 5) is 11.8. The Hall–Kier alpha value is -0.780. The molecule has 0 radical (unpaired) electrons. The Morgan fingerprint density at radius 1 is 1.26 bits per heavy atom. The molecule has 0 aromatic heterocycles. The van der Waals surface area contributed by atoms with Gasteiger partial charge in [-0.25, -0.2) is 8.42 Å². The Bertz CT molecular complexity index is 571. The number of carbonyl (C=O) groups excluding carboxylic acids is 1. The smallest absolute Gasteiger partial charge is 0.224 e. The predicted octanol–water partition coefficient (Wildman–Crippen LogP) is 1.40. The molecule has 1 aliphatic heterocycles. The van der Waals surface area contributed by atoms with E-state index in [0.29, 0.717) is 5.02 Å². The third-order valence-corrected chi connectivity index (χ3v) is 5.53. The van der Waals surface area contributed by atoms with Crippen LogP contribution in [0.3, 0.4) is 0 Å². The lowest BCUT2D eigenvalue weighted by atomic mass is 10.1. The molecule has 0 bridgehead atoms. The van der Waals surface area contributed by atoms with Crippen LogP contribution in [0.1, 0.15) is 5.56 Å². The molecule has 1 amide bonds. The Morgan fingerprint density at radius 2 is 1.89 bits per heavy atom. The van der Waals surface area contributed by atoms with Gasteiger partial charge in [-0.3, -0.25) is 4.79 Å². The van der Waals surface area contributed by atoms with Gasteiger partial charge in [0.2, 0.25) is 5.91 Å². The van der Waals surface area contributed by atoms with Crippen molar-refractivity contribution in [2.75, 3.05) is 11.5 Å². The zero-order chi connectivity index (χ0) is 14.0. The SMILES string of the molecule is O=C(Cc1ccc(Cl)cc1)N[C@@H]1CS(=O)(=O)C[C@H]1Cl. The van der Waals surface area contributed by atoms with Gasteiger partial charge in [0.25, 0.3) is 0 Å². The fourth-order valence-corrected chi connectivity index (χ4v) is 4.66. The number of benzene rings is 1. The summed E-state index contributed by atoms with van der Waals surface area (Å²) in [6, 6.07) is 6.41. The minimum atomic E-state index is -3.13. The number of carbonyl (C=O) groups is 1. The molecule has 1 aromatic rings. The van der Waals surface area contributed by atoms with Crippen LogP contribution in [0, 0.1) is 0 Å². The van der Waals surface area contributed by atoms with Crippen LogP contribution in [0.5, 0.6) is 0 Å². The van der Waals surface area contributed by atoms with Crippen molar-refractivity contribution in [3.8, 4) is 0 Å². The summed E-state index contributed by atoms with van der Waals surface area (Å²) in [5, 5.41) is 2.71. The van der Waals surface area contributed by atoms with Gasteiger partial charge in [0, 0.05) is 5.02 Å². The molecule has 1 aromatic carbocycles. The molecule has 4 nitrogen and oxygen atoms in total. The van der Waals surface area contributed by atoms with Crippen LogP contribution >= 0.6 is 23.2 Å². The van der Waals surface area contributed by atoms with Crippen LogP contribution in [0.4, 0.5) is 0 Å². The van der Waals surface area contributed by atoms with Gasteiger partial charge in [-0.1, -0.05) is 23.7 Å². The third kappa shape index (κ3) is 4.09. The molecule has 0 spiro atoms. The molecule has 2 atom stereocenters. The van der Waals surface area contributed by atoms with Gasteiger partial charge < -0.3 is 5.32 Å². The molecule has 2 rings (SSSR count). The maximum absolute atomic E-state index is 11.8. The Balaban J connectivity index is 1.93. The second kappa shape index (κ2) is 5.69. The van der Waals surface area contributed by atoms with Crippen LogP contribution in [-0.2, 0) is 21.1 Å². The van der Waals surface area contributed by atoms with Crippen LogP contribution in [0.2, 0.25) is 5.02 Å². The Morgan fingerprint density at radius 3 is 2.42 bits per heavy atom. The molecule has 0 saturated carbocycles. The Kier molecular flexibility index (Phi) is 4.38. The number of nitrogens with one attached hydrogen (secondary N) is 1. The maximum atomic E-state index is 11.8. The molecular formula is C12H13Cl2NO3S. The lowest BCUT2D eigenvalue weighted by Crippen LogP contribution is -2.41. The third-order valence-electron chi connectivity index (χ3n) is 2.91. The molecule has 1 saturated heterocycles. The zero-order valence-electron chi connectivity index (χ0n) is 9.97. The fraction of sp³-hybridized carbons (Fsp3) is 0.417. The van der Waals surface area contributed by atoms with E-state index in [0.717, 1.165) is 5.56 Å². The van der Waals surface area contributed by atoms with E-state index >= 15 is 0 Å². The number of hydrogen-bond donors (Lipinski definition) is 1. The summed E-state index contributed by atoms with van der Waals surface area (Å²) in [5.41, 5.74) is 0.814. The van der Waals surface area contributed by atoms with Crippen molar-refractivity contribution in [1.82, 2.24) is 5.32 Å². The van der Waals surface area contributed by atoms with Crippen LogP contribution in [0.25, 0.3) is 0 Å². The van der Waals surface area contributed by atoms with E-state index in [1.807, 2.05) is 0 Å². The molecule has 104 valence electrons. The number of halogens is 2. The van der Waals surface area contributed by atoms with Gasteiger partial charge in [0.05, 0.1) is 29.3 Å². The van der Waals surface area contributed by atoms with Crippen molar-refractivity contribution in [3.63, 3.8) is 0 Å². The number of alkyl halides is 1. The molecule has 1 aliphatic rings. The first-order chi connectivity index (χ1) is 8.85. The van der Waals surface area contributed by atoms with Crippen molar-refractivity contribution in [3.05, 3.63) is 34.9 Å². The number of hydrogen-bond acceptors (Lipinski definition) is 3. The zero-order valence-corrected chi connectivity index (χ0v) is 12.3. The monoisotopic (exact) mass is 321 g/mol. The molecule has 7 heteroatoms. The highest BCUT2D eigenvalue weighted by atomic mass is 35.5. The van der Waals surface area contributed by atoms with Crippen molar-refractivity contribution >= 4 is 38.9 Å². The summed E-state index contributed by atoms with van der Waals surface area (Å²) < 4.78 is 22.8. The molecule has 1 heterocycles. The fourth-order valence-electron chi connectivity index (χ4n) is 1.98. The average molecular weight is 322 g/mol. The molecule has 1 N–H and O–H groups in total. The first-order valence-electron chi connectivity index (χ1n) is 5.74. The van der Waals surface area contributed by atoms with E-state index in [4.69, 9.17) is 23.2 Å². The van der Waals surface area contributed by atoms with Crippen molar-refractivity contribution in [2.24, 2.45) is 0 Å². The molecule has 0 aliphatic carbocycles. The largest absolute Gasteiger partial charge is 0.351 e. The lowest BCUT2D eigenvalue weighted by Gasteiger charge is -2.14. The molecule has 19 heavy (non-hydrogen) atoms. The average Bonchev–Trinajstić information content (AvgIpc) is 2.55. The van der Waals surface area contributed by atoms with Gasteiger partial charge in [0.1, 0.15) is 0 Å². The van der Waals surface area contributed by atoms with Gasteiger partial charge in [-0.2, -0.15) is 0 Å². The number of sulfone groups is 1. The summed E-state index contributed by atoms with van der Waals surface area (Å²) in [6.45, 7) is 0. The highest BCUT2D eigenvalue weighted by Gasteiger charge is 2.37. The first kappa shape index (κ1) is 14.6. The normalized spacial score (nSPS) is 25.2. The van der Waals surface area contributed by atoms with Crippen molar-refractivity contribution in [1.29, 1.82) is 0 Å². The van der Waals surface area contributed by atoms with E-state index in [9.17, 15) is 13.2 Å². The second-order valence-corrected chi connectivity index (χ2v) is 7.72. The van der Waals surface area contributed by atoms with Crippen LogP contribution in [-0.4, -0.2) is 37.2 Å². The van der Waals surface area contributed by atoms with E-state index in [1.165, 1.54) is 0 Å². The number of amides is 1. The quantitative estimate of drug-likeness (QED) is 0.856. The second-order valence-electron chi connectivity index (χ2n) is 4.57. The maximum Gasteiger partial charge on any atom is 0.224 e. The van der Waals surface area contributed by atoms with E-state index < -0.39 is 21.3 Å².